The maximum absolute atomic E-state index is 15.1. The molecule has 0 spiro atoms. The highest BCUT2D eigenvalue weighted by Gasteiger charge is 2.40. The minimum atomic E-state index is -1.18. The highest BCUT2D eigenvalue weighted by atomic mass is 35.5. The summed E-state index contributed by atoms with van der Waals surface area (Å²) in [4.78, 5) is 72.4. The number of hydrogen-bond acceptors (Lipinski definition) is 9. The summed E-state index contributed by atoms with van der Waals surface area (Å²) in [6.45, 7) is 2.42. The fourth-order valence-corrected chi connectivity index (χ4v) is 7.53. The summed E-state index contributed by atoms with van der Waals surface area (Å²) in [6.07, 6.45) is 6.90. The van der Waals surface area contributed by atoms with Crippen molar-refractivity contribution in [2.45, 2.75) is 20.0 Å². The van der Waals surface area contributed by atoms with Gasteiger partial charge in [0, 0.05) is 81.5 Å². The third kappa shape index (κ3) is 7.91. The van der Waals surface area contributed by atoms with Crippen molar-refractivity contribution in [1.29, 1.82) is 0 Å². The van der Waals surface area contributed by atoms with E-state index in [0.29, 0.717) is 62.1 Å². The molecule has 0 radical (unpaired) electrons. The maximum atomic E-state index is 15.1. The van der Waals surface area contributed by atoms with Crippen molar-refractivity contribution in [3.63, 3.8) is 0 Å². The Bertz CT molecular complexity index is 2950. The summed E-state index contributed by atoms with van der Waals surface area (Å²) < 4.78 is 14.8. The van der Waals surface area contributed by atoms with E-state index in [1.54, 1.807) is 67.7 Å². The number of anilines is 2. The molecule has 8 rings (SSSR count). The van der Waals surface area contributed by atoms with Gasteiger partial charge in [0.25, 0.3) is 11.6 Å². The number of ketones is 2. The Kier molecular flexibility index (Phi) is 11.3. The molecule has 4 heterocycles. The van der Waals surface area contributed by atoms with Gasteiger partial charge in [-0.3, -0.25) is 24.2 Å². The lowest BCUT2D eigenvalue weighted by molar-refractivity contribution is -0.119. The van der Waals surface area contributed by atoms with Crippen molar-refractivity contribution in [1.82, 2.24) is 24.1 Å². The number of pyridine rings is 1. The first-order chi connectivity index (χ1) is 29.6. The molecule has 304 valence electrons. The molecule has 0 fully saturated rings. The molecule has 61 heavy (non-hydrogen) atoms. The number of Topliss-reactive ketones (excluding diaryl/α,β-unsaturated/α-hetero) is 2. The Hall–Kier alpha value is -7.35. The number of nitrogens with zero attached hydrogens (tertiary/aromatic N) is 7. The van der Waals surface area contributed by atoms with Gasteiger partial charge in [-0.15, -0.1) is 0 Å². The molecule has 2 amide bonds. The molecule has 0 bridgehead atoms. The standard InChI is InChI=1S/C46H35Cl2N7O6/c1-28-42(37-23-35(61-3)13-15-40(37)53(28)25-30-6-10-32(48)11-7-30)44(57)46(59)55(41-18-21-50-27-51-41)54(33-16-19-49-20-17-33)45(58)43(56)38-26-52(24-29-4-8-31(47)9-5-29)39-14-12-34(60-2)22-36(38)39/h4-23,26-27H,24-25H2,1-3H3. The van der Waals surface area contributed by atoms with Gasteiger partial charge < -0.3 is 18.6 Å². The monoisotopic (exact) mass is 851 g/mol. The van der Waals surface area contributed by atoms with Crippen LogP contribution in [0.25, 0.3) is 21.8 Å². The predicted molar refractivity (Wildman–Crippen MR) is 233 cm³/mol. The minimum absolute atomic E-state index is 0.0292. The van der Waals surface area contributed by atoms with Gasteiger partial charge in [-0.2, -0.15) is 5.01 Å². The van der Waals surface area contributed by atoms with Crippen LogP contribution in [0.1, 0.15) is 37.5 Å². The number of aromatic nitrogens is 5. The van der Waals surface area contributed by atoms with Crippen LogP contribution in [0.15, 0.2) is 134 Å². The number of halogens is 2. The van der Waals surface area contributed by atoms with Crippen molar-refractivity contribution in [2.24, 2.45) is 0 Å². The van der Waals surface area contributed by atoms with Crippen LogP contribution in [0.3, 0.4) is 0 Å². The molecule has 0 aliphatic carbocycles. The molecular formula is C46H35Cl2N7O6. The Morgan fingerprint density at radius 1 is 0.639 bits per heavy atom. The molecule has 15 heteroatoms. The molecule has 0 atom stereocenters. The Balaban J connectivity index is 1.26. The lowest BCUT2D eigenvalue weighted by Crippen LogP contribution is -2.55. The largest absolute Gasteiger partial charge is 0.497 e. The number of carbonyl (C=O) groups is 4. The number of ether oxygens (including phenoxy) is 2. The molecule has 0 N–H and O–H groups in total. The fourth-order valence-electron chi connectivity index (χ4n) is 7.28. The quantitative estimate of drug-likeness (QED) is 0.0672. The molecule has 0 aliphatic heterocycles. The number of fused-ring (bicyclic) bond motifs is 2. The van der Waals surface area contributed by atoms with E-state index in [1.165, 1.54) is 57.3 Å². The highest BCUT2D eigenvalue weighted by Crippen LogP contribution is 2.34. The molecule has 13 nitrogen and oxygen atoms in total. The van der Waals surface area contributed by atoms with E-state index in [9.17, 15) is 9.59 Å². The summed E-state index contributed by atoms with van der Waals surface area (Å²) in [6, 6.07) is 29.3. The van der Waals surface area contributed by atoms with Crippen LogP contribution in [0.4, 0.5) is 11.5 Å². The topological polar surface area (TPSA) is 142 Å². The first-order valence-electron chi connectivity index (χ1n) is 18.8. The second-order valence-electron chi connectivity index (χ2n) is 13.9. The zero-order chi connectivity index (χ0) is 42.8. The van der Waals surface area contributed by atoms with Gasteiger partial charge >= 0.3 is 11.8 Å². The number of methoxy groups -OCH3 is 2. The van der Waals surface area contributed by atoms with Crippen LogP contribution in [0, 0.1) is 6.92 Å². The second-order valence-corrected chi connectivity index (χ2v) is 14.8. The lowest BCUT2D eigenvalue weighted by Gasteiger charge is -2.32. The third-order valence-electron chi connectivity index (χ3n) is 10.3. The number of hydrazine groups is 1. The molecule has 0 aliphatic rings. The van der Waals surface area contributed by atoms with Crippen LogP contribution in [0.5, 0.6) is 11.5 Å². The predicted octanol–water partition coefficient (Wildman–Crippen LogP) is 8.56. The molecule has 8 aromatic rings. The summed E-state index contributed by atoms with van der Waals surface area (Å²) in [5, 5.41) is 3.65. The average Bonchev–Trinajstić information content (AvgIpc) is 3.78. The normalized spacial score (nSPS) is 11.1. The van der Waals surface area contributed by atoms with Crippen LogP contribution in [-0.2, 0) is 22.7 Å². The molecule has 0 saturated carbocycles. The van der Waals surface area contributed by atoms with Gasteiger partial charge in [-0.25, -0.2) is 15.0 Å². The van der Waals surface area contributed by atoms with E-state index >= 15 is 9.59 Å². The van der Waals surface area contributed by atoms with E-state index < -0.39 is 23.4 Å². The second kappa shape index (κ2) is 17.1. The van der Waals surface area contributed by atoms with Crippen LogP contribution in [0.2, 0.25) is 10.0 Å². The SMILES string of the molecule is COc1ccc2c(c1)c(C(=O)C(=O)N(c1ccncc1)N(C(=O)C(=O)c1c(C)n(Cc3ccc(Cl)cc3)c3ccc(OC)cc13)c1ccncn1)cn2Cc1ccc(Cl)cc1. The summed E-state index contributed by atoms with van der Waals surface area (Å²) in [5.74, 6) is -3.55. The van der Waals surface area contributed by atoms with Crippen molar-refractivity contribution >= 4 is 79.9 Å². The first-order valence-corrected chi connectivity index (χ1v) is 19.6. The van der Waals surface area contributed by atoms with Gasteiger partial charge in [0.15, 0.2) is 5.82 Å². The Morgan fingerprint density at radius 3 is 1.82 bits per heavy atom. The smallest absolute Gasteiger partial charge is 0.320 e. The highest BCUT2D eigenvalue weighted by molar-refractivity contribution is 6.54. The molecule has 0 saturated heterocycles. The van der Waals surface area contributed by atoms with E-state index in [2.05, 4.69) is 15.0 Å². The number of rotatable bonds is 12. The van der Waals surface area contributed by atoms with Gasteiger partial charge in [-0.05, 0) is 90.8 Å². The van der Waals surface area contributed by atoms with Gasteiger partial charge in [-0.1, -0.05) is 47.5 Å². The molecule has 4 aromatic carbocycles. The van der Waals surface area contributed by atoms with E-state index in [0.717, 1.165) is 21.1 Å². The molecule has 4 aromatic heterocycles. The van der Waals surface area contributed by atoms with E-state index in [1.807, 2.05) is 39.5 Å². The summed E-state index contributed by atoms with van der Waals surface area (Å²) in [7, 11) is 3.00. The van der Waals surface area contributed by atoms with Crippen LogP contribution < -0.4 is 19.5 Å². The Morgan fingerprint density at radius 2 is 1.21 bits per heavy atom. The van der Waals surface area contributed by atoms with E-state index in [-0.39, 0.29) is 22.6 Å². The maximum Gasteiger partial charge on any atom is 0.320 e. The number of hydrogen-bond donors (Lipinski definition) is 0. The number of benzene rings is 4. The number of amides is 2. The molecule has 0 unspecified atom stereocenters. The van der Waals surface area contributed by atoms with Crippen molar-refractivity contribution in [3.8, 4) is 11.5 Å². The first kappa shape index (κ1) is 40.4. The average molecular weight is 853 g/mol. The zero-order valence-electron chi connectivity index (χ0n) is 33.0. The minimum Gasteiger partial charge on any atom is -0.497 e. The van der Waals surface area contributed by atoms with Crippen LogP contribution >= 0.6 is 23.2 Å². The van der Waals surface area contributed by atoms with Gasteiger partial charge in [0.05, 0.1) is 31.0 Å². The molecular weight excluding hydrogens is 817 g/mol. The fraction of sp³-hybridized carbons (Fsp3) is 0.109. The number of carbonyl (C=O) groups excluding carboxylic acids is 4. The summed E-state index contributed by atoms with van der Waals surface area (Å²) in [5.41, 5.74) is 3.70. The lowest BCUT2D eigenvalue weighted by atomic mass is 10.1. The summed E-state index contributed by atoms with van der Waals surface area (Å²) >= 11 is 12.3. The van der Waals surface area contributed by atoms with Gasteiger partial charge in [0.2, 0.25) is 0 Å². The van der Waals surface area contributed by atoms with Crippen LogP contribution in [-0.4, -0.2) is 61.7 Å². The van der Waals surface area contributed by atoms with Crippen molar-refractivity contribution in [3.05, 3.63) is 172 Å². The van der Waals surface area contributed by atoms with Crippen molar-refractivity contribution in [2.75, 3.05) is 24.2 Å². The Labute approximate surface area is 359 Å². The van der Waals surface area contributed by atoms with Gasteiger partial charge in [0.1, 0.15) is 17.8 Å². The van der Waals surface area contributed by atoms with E-state index in [4.69, 9.17) is 32.7 Å². The third-order valence-corrected chi connectivity index (χ3v) is 10.8. The van der Waals surface area contributed by atoms with Crippen molar-refractivity contribution < 1.29 is 28.7 Å². The zero-order valence-corrected chi connectivity index (χ0v) is 34.5.